The summed E-state index contributed by atoms with van der Waals surface area (Å²) in [6, 6.07) is 3.05. The van der Waals surface area contributed by atoms with Crippen LogP contribution in [0.25, 0.3) is 10.8 Å². The second-order valence-corrected chi connectivity index (χ2v) is 5.48. The number of rotatable bonds is 4. The summed E-state index contributed by atoms with van der Waals surface area (Å²) in [7, 11) is 0. The quantitative estimate of drug-likeness (QED) is 0.814. The molecule has 1 heterocycles. The van der Waals surface area contributed by atoms with Gasteiger partial charge >= 0.3 is 5.97 Å². The number of aryl methyl sites for hydroxylation is 1. The number of esters is 1. The summed E-state index contributed by atoms with van der Waals surface area (Å²) >= 11 is 0. The van der Waals surface area contributed by atoms with Gasteiger partial charge in [0.2, 0.25) is 0 Å². The third-order valence-corrected chi connectivity index (χ3v) is 3.32. The lowest BCUT2D eigenvalue weighted by molar-refractivity contribution is -0.144. The summed E-state index contributed by atoms with van der Waals surface area (Å²) in [5.41, 5.74) is 0.683. The van der Waals surface area contributed by atoms with E-state index in [9.17, 15) is 14.0 Å². The molecule has 0 amide bonds. The number of carbonyl (C=O) groups is 1. The minimum atomic E-state index is -0.620. The van der Waals surface area contributed by atoms with Crippen LogP contribution < -0.4 is 5.56 Å². The van der Waals surface area contributed by atoms with E-state index in [0.29, 0.717) is 11.1 Å². The van der Waals surface area contributed by atoms with Crippen LogP contribution in [0.5, 0.6) is 0 Å². The van der Waals surface area contributed by atoms with E-state index in [1.54, 1.807) is 19.9 Å². The van der Waals surface area contributed by atoms with Crippen molar-refractivity contribution in [1.29, 1.82) is 0 Å². The maximum absolute atomic E-state index is 14.3. The maximum Gasteiger partial charge on any atom is 0.327 e. The maximum atomic E-state index is 14.3. The van der Waals surface area contributed by atoms with Gasteiger partial charge in [-0.15, -0.1) is 0 Å². The minimum absolute atomic E-state index is 0.0160. The molecule has 0 aliphatic rings. The van der Waals surface area contributed by atoms with Crippen LogP contribution in [0.2, 0.25) is 0 Å². The number of fused-ring (bicyclic) bond motifs is 1. The number of halogens is 1. The number of nitrogens with zero attached hydrogens (tertiary/aromatic N) is 2. The Hall–Kier alpha value is -2.24. The summed E-state index contributed by atoms with van der Waals surface area (Å²) in [5.74, 6) is -1.18. The third-order valence-electron chi connectivity index (χ3n) is 3.32. The van der Waals surface area contributed by atoms with Crippen LogP contribution in [0, 0.1) is 12.7 Å². The summed E-state index contributed by atoms with van der Waals surface area (Å²) in [6.07, 6.45) is 0. The number of benzene rings is 1. The molecule has 0 saturated heterocycles. The van der Waals surface area contributed by atoms with Crippen LogP contribution in [0.15, 0.2) is 16.9 Å². The van der Waals surface area contributed by atoms with Gasteiger partial charge in [0.05, 0.1) is 17.7 Å². The number of hydrogen-bond acceptors (Lipinski definition) is 4. The summed E-state index contributed by atoms with van der Waals surface area (Å²) in [6.45, 7) is 7.14. The zero-order chi connectivity index (χ0) is 16.4. The lowest BCUT2D eigenvalue weighted by atomic mass is 10.0. The summed E-state index contributed by atoms with van der Waals surface area (Å²) in [5, 5.41) is 4.71. The predicted octanol–water partition coefficient (Wildman–Crippen LogP) is 2.53. The van der Waals surface area contributed by atoms with Gasteiger partial charge < -0.3 is 4.74 Å². The first-order valence-electron chi connectivity index (χ1n) is 7.21. The molecule has 5 nitrogen and oxygen atoms in total. The molecule has 1 aromatic heterocycles. The second kappa shape index (κ2) is 6.25. The molecular formula is C16H19FN2O3. The Morgan fingerprint density at radius 2 is 2.09 bits per heavy atom. The molecule has 6 heteroatoms. The molecule has 2 aromatic rings. The van der Waals surface area contributed by atoms with Crippen molar-refractivity contribution in [3.05, 3.63) is 39.6 Å². The zero-order valence-corrected chi connectivity index (χ0v) is 13.1. The van der Waals surface area contributed by atoms with Gasteiger partial charge in [0, 0.05) is 5.39 Å². The Labute approximate surface area is 127 Å². The smallest absolute Gasteiger partial charge is 0.327 e. The second-order valence-electron chi connectivity index (χ2n) is 5.48. The van der Waals surface area contributed by atoms with Crippen molar-refractivity contribution < 1.29 is 13.9 Å². The Morgan fingerprint density at radius 3 is 2.68 bits per heavy atom. The Bertz CT molecular complexity index is 781. The van der Waals surface area contributed by atoms with E-state index in [2.05, 4.69) is 5.10 Å². The standard InChI is InChI=1S/C16H19FN2O3/c1-5-22-13(20)8-19-16(21)14-11(15(18-19)9(2)3)6-10(4)7-12(14)17/h6-7,9H,5,8H2,1-4H3. The fourth-order valence-electron chi connectivity index (χ4n) is 2.38. The number of hydrogen-bond donors (Lipinski definition) is 0. The molecule has 0 aliphatic heterocycles. The van der Waals surface area contributed by atoms with Gasteiger partial charge in [0.15, 0.2) is 0 Å². The van der Waals surface area contributed by atoms with Gasteiger partial charge in [0.25, 0.3) is 5.56 Å². The molecule has 0 atom stereocenters. The van der Waals surface area contributed by atoms with Gasteiger partial charge in [-0.1, -0.05) is 13.8 Å². The highest BCUT2D eigenvalue weighted by atomic mass is 19.1. The Morgan fingerprint density at radius 1 is 1.41 bits per heavy atom. The summed E-state index contributed by atoms with van der Waals surface area (Å²) in [4.78, 5) is 24.0. The van der Waals surface area contributed by atoms with E-state index < -0.39 is 17.3 Å². The largest absolute Gasteiger partial charge is 0.465 e. The fourth-order valence-corrected chi connectivity index (χ4v) is 2.38. The molecule has 0 bridgehead atoms. The van der Waals surface area contributed by atoms with Crippen molar-refractivity contribution in [1.82, 2.24) is 9.78 Å². The molecule has 0 spiro atoms. The van der Waals surface area contributed by atoms with Crippen LogP contribution in [-0.4, -0.2) is 22.4 Å². The van der Waals surface area contributed by atoms with Gasteiger partial charge in [-0.3, -0.25) is 9.59 Å². The Balaban J connectivity index is 2.72. The molecular weight excluding hydrogens is 287 g/mol. The molecule has 22 heavy (non-hydrogen) atoms. The van der Waals surface area contributed by atoms with E-state index in [1.807, 2.05) is 13.8 Å². The molecule has 0 aliphatic carbocycles. The number of aromatic nitrogens is 2. The van der Waals surface area contributed by atoms with Crippen LogP contribution in [0.1, 0.15) is 37.9 Å². The van der Waals surface area contributed by atoms with Crippen molar-refractivity contribution in [2.24, 2.45) is 0 Å². The predicted molar refractivity (Wildman–Crippen MR) is 81.4 cm³/mol. The van der Waals surface area contributed by atoms with Crippen LogP contribution in [0.3, 0.4) is 0 Å². The van der Waals surface area contributed by atoms with E-state index in [0.717, 1.165) is 10.2 Å². The molecule has 0 radical (unpaired) electrons. The monoisotopic (exact) mass is 306 g/mol. The van der Waals surface area contributed by atoms with Crippen LogP contribution in [0.4, 0.5) is 4.39 Å². The summed E-state index contributed by atoms with van der Waals surface area (Å²) < 4.78 is 20.1. The lowest BCUT2D eigenvalue weighted by Gasteiger charge is -2.13. The number of ether oxygens (including phenoxy) is 1. The first-order valence-corrected chi connectivity index (χ1v) is 7.21. The van der Waals surface area contributed by atoms with E-state index >= 15 is 0 Å². The SMILES string of the molecule is CCOC(=O)Cn1nc(C(C)C)c2cc(C)cc(F)c2c1=O. The van der Waals surface area contributed by atoms with Gasteiger partial charge in [0.1, 0.15) is 12.4 Å². The van der Waals surface area contributed by atoms with Crippen molar-refractivity contribution in [2.75, 3.05) is 6.61 Å². The minimum Gasteiger partial charge on any atom is -0.465 e. The highest BCUT2D eigenvalue weighted by Crippen LogP contribution is 2.24. The highest BCUT2D eigenvalue weighted by molar-refractivity contribution is 5.85. The lowest BCUT2D eigenvalue weighted by Crippen LogP contribution is -2.29. The van der Waals surface area contributed by atoms with Crippen molar-refractivity contribution >= 4 is 16.7 Å². The van der Waals surface area contributed by atoms with E-state index in [4.69, 9.17) is 4.74 Å². The zero-order valence-electron chi connectivity index (χ0n) is 13.1. The number of carbonyl (C=O) groups excluding carboxylic acids is 1. The van der Waals surface area contributed by atoms with Crippen molar-refractivity contribution in [3.63, 3.8) is 0 Å². The normalized spacial score (nSPS) is 11.2. The molecule has 0 saturated carbocycles. The van der Waals surface area contributed by atoms with Gasteiger partial charge in [-0.2, -0.15) is 5.10 Å². The average Bonchev–Trinajstić information content (AvgIpc) is 2.41. The van der Waals surface area contributed by atoms with E-state index in [1.165, 1.54) is 6.07 Å². The molecule has 118 valence electrons. The Kier molecular flexibility index (Phi) is 4.59. The fraction of sp³-hybridized carbons (Fsp3) is 0.438. The van der Waals surface area contributed by atoms with Crippen molar-refractivity contribution in [2.45, 2.75) is 40.2 Å². The van der Waals surface area contributed by atoms with Gasteiger partial charge in [-0.05, 0) is 37.5 Å². The molecule has 0 unspecified atom stereocenters. The van der Waals surface area contributed by atoms with Gasteiger partial charge in [-0.25, -0.2) is 9.07 Å². The van der Waals surface area contributed by atoms with Crippen LogP contribution in [-0.2, 0) is 16.1 Å². The molecule has 0 fully saturated rings. The third kappa shape index (κ3) is 3.00. The van der Waals surface area contributed by atoms with Crippen LogP contribution >= 0.6 is 0 Å². The first kappa shape index (κ1) is 16.1. The molecule has 1 aromatic carbocycles. The topological polar surface area (TPSA) is 61.2 Å². The highest BCUT2D eigenvalue weighted by Gasteiger charge is 2.18. The first-order chi connectivity index (χ1) is 10.3. The molecule has 2 rings (SSSR count). The average molecular weight is 306 g/mol. The molecule has 0 N–H and O–H groups in total. The van der Waals surface area contributed by atoms with Crippen molar-refractivity contribution in [3.8, 4) is 0 Å². The van der Waals surface area contributed by atoms with E-state index in [-0.39, 0.29) is 24.5 Å².